The molecule has 1 aromatic rings. The predicted molar refractivity (Wildman–Crippen MR) is 101 cm³/mol. The molecule has 1 heterocycles. The summed E-state index contributed by atoms with van der Waals surface area (Å²) in [5.41, 5.74) is 1.73. The van der Waals surface area contributed by atoms with Gasteiger partial charge < -0.3 is 10.6 Å². The Morgan fingerprint density at radius 3 is 2.59 bits per heavy atom. The lowest BCUT2D eigenvalue weighted by Gasteiger charge is -2.31. The van der Waals surface area contributed by atoms with Crippen molar-refractivity contribution < 1.29 is 14.5 Å². The molecule has 1 aliphatic carbocycles. The molecule has 2 amide bonds. The second-order valence-electron chi connectivity index (χ2n) is 7.68. The van der Waals surface area contributed by atoms with E-state index in [1.165, 1.54) is 18.6 Å². The minimum atomic E-state index is -0.590. The Bertz CT molecular complexity index is 785. The lowest BCUT2D eigenvalue weighted by molar-refractivity contribution is -0.384. The number of allylic oxidation sites excluding steroid dienone is 1. The van der Waals surface area contributed by atoms with Crippen LogP contribution < -0.4 is 10.6 Å². The zero-order chi connectivity index (χ0) is 19.6. The lowest BCUT2D eigenvalue weighted by Crippen LogP contribution is -2.45. The van der Waals surface area contributed by atoms with Crippen LogP contribution in [0.15, 0.2) is 35.5 Å². The van der Waals surface area contributed by atoms with Gasteiger partial charge in [0.15, 0.2) is 5.78 Å². The summed E-state index contributed by atoms with van der Waals surface area (Å²) in [6.45, 7) is 3.96. The van der Waals surface area contributed by atoms with Gasteiger partial charge in [-0.15, -0.1) is 0 Å². The van der Waals surface area contributed by atoms with Crippen LogP contribution in [-0.2, 0) is 4.79 Å². The van der Waals surface area contributed by atoms with Crippen LogP contribution in [0.1, 0.15) is 57.6 Å². The molecule has 0 bridgehead atoms. The van der Waals surface area contributed by atoms with Crippen molar-refractivity contribution in [1.82, 2.24) is 10.6 Å². The maximum absolute atomic E-state index is 13.1. The molecule has 3 atom stereocenters. The van der Waals surface area contributed by atoms with E-state index in [0.717, 1.165) is 19.3 Å². The molecule has 0 saturated heterocycles. The summed E-state index contributed by atoms with van der Waals surface area (Å²) in [7, 11) is 0. The van der Waals surface area contributed by atoms with E-state index in [1.54, 1.807) is 19.1 Å². The van der Waals surface area contributed by atoms with E-state index in [2.05, 4.69) is 17.6 Å². The quantitative estimate of drug-likeness (QED) is 0.603. The number of ketones is 1. The summed E-state index contributed by atoms with van der Waals surface area (Å²) in [6.07, 6.45) is 4.95. The molecular formula is C20H25N3O4. The van der Waals surface area contributed by atoms with Gasteiger partial charge in [-0.1, -0.05) is 19.8 Å². The van der Waals surface area contributed by atoms with Gasteiger partial charge in [0.1, 0.15) is 0 Å². The van der Waals surface area contributed by atoms with Crippen molar-refractivity contribution in [2.45, 2.75) is 52.0 Å². The third kappa shape index (κ3) is 4.35. The monoisotopic (exact) mass is 371 g/mol. The summed E-state index contributed by atoms with van der Waals surface area (Å²) in [5, 5.41) is 16.4. The standard InChI is InChI=1S/C20H25N3O4/c1-12-4-3-5-14(10-12)11-17(24)18-13(2)21-20(25)22-19(18)15-6-8-16(9-7-15)23(26)27/h6-9,12,14,19H,3-5,10-11H2,1-2H3,(H2,21,22,25). The molecule has 144 valence electrons. The summed E-state index contributed by atoms with van der Waals surface area (Å²) in [6, 6.07) is 5.01. The molecule has 1 saturated carbocycles. The van der Waals surface area contributed by atoms with Gasteiger partial charge in [0.25, 0.3) is 5.69 Å². The average Bonchev–Trinajstić information content (AvgIpc) is 2.61. The minimum Gasteiger partial charge on any atom is -0.327 e. The third-order valence-corrected chi connectivity index (χ3v) is 5.53. The van der Waals surface area contributed by atoms with Crippen molar-refractivity contribution in [2.75, 3.05) is 0 Å². The lowest BCUT2D eigenvalue weighted by atomic mass is 9.78. The van der Waals surface area contributed by atoms with Gasteiger partial charge in [0.2, 0.25) is 0 Å². The van der Waals surface area contributed by atoms with Gasteiger partial charge in [0.05, 0.1) is 11.0 Å². The molecule has 0 spiro atoms. The first-order valence-electron chi connectivity index (χ1n) is 9.41. The van der Waals surface area contributed by atoms with E-state index in [4.69, 9.17) is 0 Å². The SMILES string of the molecule is CC1=C(C(=O)CC2CCCC(C)C2)C(c2ccc([N+](=O)[O-])cc2)NC(=O)N1. The maximum atomic E-state index is 13.1. The topological polar surface area (TPSA) is 101 Å². The fourth-order valence-corrected chi connectivity index (χ4v) is 4.22. The molecular weight excluding hydrogens is 346 g/mol. The molecule has 1 fully saturated rings. The number of rotatable bonds is 5. The second-order valence-corrected chi connectivity index (χ2v) is 7.68. The average molecular weight is 371 g/mol. The first-order valence-corrected chi connectivity index (χ1v) is 9.41. The van der Waals surface area contributed by atoms with Crippen molar-refractivity contribution in [3.05, 3.63) is 51.2 Å². The Kier molecular flexibility index (Phi) is 5.58. The Labute approximate surface area is 158 Å². The molecule has 2 N–H and O–H groups in total. The van der Waals surface area contributed by atoms with E-state index in [-0.39, 0.29) is 17.5 Å². The molecule has 7 heteroatoms. The Balaban J connectivity index is 1.85. The highest BCUT2D eigenvalue weighted by Gasteiger charge is 2.33. The number of urea groups is 1. The van der Waals surface area contributed by atoms with Crippen molar-refractivity contribution in [2.24, 2.45) is 11.8 Å². The van der Waals surface area contributed by atoms with Gasteiger partial charge >= 0.3 is 6.03 Å². The number of hydrogen-bond donors (Lipinski definition) is 2. The summed E-state index contributed by atoms with van der Waals surface area (Å²) >= 11 is 0. The number of nitrogens with zero attached hydrogens (tertiary/aromatic N) is 1. The van der Waals surface area contributed by atoms with Crippen molar-refractivity contribution in [3.63, 3.8) is 0 Å². The maximum Gasteiger partial charge on any atom is 0.319 e. The van der Waals surface area contributed by atoms with Crippen LogP contribution in [0.5, 0.6) is 0 Å². The number of nitro groups is 1. The molecule has 1 aromatic carbocycles. The van der Waals surface area contributed by atoms with Crippen molar-refractivity contribution in [1.29, 1.82) is 0 Å². The highest BCUT2D eigenvalue weighted by molar-refractivity contribution is 6.00. The van der Waals surface area contributed by atoms with Gasteiger partial charge in [-0.3, -0.25) is 14.9 Å². The molecule has 2 aliphatic rings. The first kappa shape index (κ1) is 19.1. The Morgan fingerprint density at radius 2 is 1.96 bits per heavy atom. The zero-order valence-corrected chi connectivity index (χ0v) is 15.7. The minimum absolute atomic E-state index is 0.0243. The largest absolute Gasteiger partial charge is 0.327 e. The smallest absolute Gasteiger partial charge is 0.319 e. The van der Waals surface area contributed by atoms with Crippen LogP contribution in [0.2, 0.25) is 0 Å². The van der Waals surface area contributed by atoms with E-state index in [1.807, 2.05) is 0 Å². The normalized spacial score (nSPS) is 25.6. The Hall–Kier alpha value is -2.70. The van der Waals surface area contributed by atoms with Crippen LogP contribution in [-0.4, -0.2) is 16.7 Å². The summed E-state index contributed by atoms with van der Waals surface area (Å²) < 4.78 is 0. The number of nitro benzene ring substituents is 1. The first-order chi connectivity index (χ1) is 12.8. The molecule has 3 unspecified atom stereocenters. The number of Topliss-reactive ketones (excluding diaryl/α,β-unsaturated/α-hetero) is 1. The third-order valence-electron chi connectivity index (χ3n) is 5.53. The van der Waals surface area contributed by atoms with Crippen LogP contribution in [0.25, 0.3) is 0 Å². The van der Waals surface area contributed by atoms with Gasteiger partial charge in [-0.2, -0.15) is 0 Å². The van der Waals surface area contributed by atoms with Crippen LogP contribution in [0, 0.1) is 22.0 Å². The fourth-order valence-electron chi connectivity index (χ4n) is 4.22. The number of benzene rings is 1. The number of amides is 2. The number of hydrogen-bond acceptors (Lipinski definition) is 4. The predicted octanol–water partition coefficient (Wildman–Crippen LogP) is 4.01. The number of nitrogens with one attached hydrogen (secondary N) is 2. The summed E-state index contributed by atoms with van der Waals surface area (Å²) in [5.74, 6) is 1.04. The van der Waals surface area contributed by atoms with Gasteiger partial charge in [-0.25, -0.2) is 4.79 Å². The van der Waals surface area contributed by atoms with E-state index >= 15 is 0 Å². The molecule has 0 radical (unpaired) electrons. The van der Waals surface area contributed by atoms with Crippen LogP contribution in [0.3, 0.4) is 0 Å². The highest BCUT2D eigenvalue weighted by atomic mass is 16.6. The van der Waals surface area contributed by atoms with Crippen molar-refractivity contribution >= 4 is 17.5 Å². The van der Waals surface area contributed by atoms with E-state index in [0.29, 0.717) is 35.1 Å². The molecule has 1 aliphatic heterocycles. The zero-order valence-electron chi connectivity index (χ0n) is 15.7. The summed E-state index contributed by atoms with van der Waals surface area (Å²) in [4.78, 5) is 35.5. The molecule has 7 nitrogen and oxygen atoms in total. The molecule has 27 heavy (non-hydrogen) atoms. The van der Waals surface area contributed by atoms with Crippen molar-refractivity contribution in [3.8, 4) is 0 Å². The van der Waals surface area contributed by atoms with Gasteiger partial charge in [-0.05, 0) is 49.3 Å². The van der Waals surface area contributed by atoms with E-state index < -0.39 is 11.0 Å². The highest BCUT2D eigenvalue weighted by Crippen LogP contribution is 2.34. The molecule has 0 aromatic heterocycles. The van der Waals surface area contributed by atoms with E-state index in [9.17, 15) is 19.7 Å². The van der Waals surface area contributed by atoms with Crippen LogP contribution in [0.4, 0.5) is 10.5 Å². The second kappa shape index (κ2) is 7.90. The molecule has 3 rings (SSSR count). The van der Waals surface area contributed by atoms with Crippen LogP contribution >= 0.6 is 0 Å². The number of carbonyl (C=O) groups excluding carboxylic acids is 2. The van der Waals surface area contributed by atoms with Gasteiger partial charge in [0, 0.05) is 29.8 Å². The Morgan fingerprint density at radius 1 is 1.26 bits per heavy atom. The fraction of sp³-hybridized carbons (Fsp3) is 0.500. The number of carbonyl (C=O) groups is 2. The number of non-ortho nitro benzene ring substituents is 1.